The van der Waals surface area contributed by atoms with E-state index in [1.54, 1.807) is 6.92 Å². The second kappa shape index (κ2) is 5.50. The quantitative estimate of drug-likeness (QED) is 0.783. The van der Waals surface area contributed by atoms with Gasteiger partial charge in [-0.15, -0.1) is 0 Å². The maximum atomic E-state index is 11.3. The summed E-state index contributed by atoms with van der Waals surface area (Å²) in [4.78, 5) is 0. The fourth-order valence-corrected chi connectivity index (χ4v) is 3.17. The van der Waals surface area contributed by atoms with E-state index in [2.05, 4.69) is 0 Å². The summed E-state index contributed by atoms with van der Waals surface area (Å²) < 4.78 is 33.7. The van der Waals surface area contributed by atoms with E-state index < -0.39 is 15.4 Å². The highest BCUT2D eigenvalue weighted by Crippen LogP contribution is 2.25. The Morgan fingerprint density at radius 1 is 1.25 bits per heavy atom. The van der Waals surface area contributed by atoms with Crippen LogP contribution in [0.2, 0.25) is 0 Å². The Labute approximate surface area is 97.0 Å². The van der Waals surface area contributed by atoms with Gasteiger partial charge in [0.05, 0.1) is 6.04 Å². The summed E-state index contributed by atoms with van der Waals surface area (Å²) in [5.74, 6) is 0. The summed E-state index contributed by atoms with van der Waals surface area (Å²) in [6.07, 6.45) is 5.73. The minimum absolute atomic E-state index is 0.181. The van der Waals surface area contributed by atoms with Crippen LogP contribution in [0.4, 0.5) is 0 Å². The normalized spacial score (nSPS) is 15.9. The fraction of sp³-hybridized carbons (Fsp3) is 0.636. The standard InChI is InChI=1S/C11H19NO3S/c1-3-7-10(12-8-5-6-9-12)11(4-2)16(13,14)15/h5-6,8-11H,3-4,7H2,1-2H3,(H,13,14,15). The summed E-state index contributed by atoms with van der Waals surface area (Å²) in [7, 11) is -3.98. The molecule has 2 atom stereocenters. The molecule has 0 bridgehead atoms. The van der Waals surface area contributed by atoms with Crippen molar-refractivity contribution in [1.82, 2.24) is 4.57 Å². The van der Waals surface area contributed by atoms with Crippen molar-refractivity contribution in [3.63, 3.8) is 0 Å². The molecule has 0 aliphatic rings. The number of rotatable bonds is 6. The zero-order valence-corrected chi connectivity index (χ0v) is 10.5. The lowest BCUT2D eigenvalue weighted by Crippen LogP contribution is -2.30. The van der Waals surface area contributed by atoms with Gasteiger partial charge in [-0.2, -0.15) is 8.42 Å². The Bertz CT molecular complexity index is 397. The van der Waals surface area contributed by atoms with Crippen molar-refractivity contribution >= 4 is 10.1 Å². The number of nitrogens with zero attached hydrogens (tertiary/aromatic N) is 1. The molecule has 92 valence electrons. The van der Waals surface area contributed by atoms with Gasteiger partial charge in [-0.25, -0.2) is 0 Å². The average Bonchev–Trinajstić information content (AvgIpc) is 2.68. The molecule has 1 rings (SSSR count). The smallest absolute Gasteiger partial charge is 0.269 e. The summed E-state index contributed by atoms with van der Waals surface area (Å²) in [5.41, 5.74) is 0. The zero-order valence-electron chi connectivity index (χ0n) is 9.70. The molecule has 1 aromatic rings. The maximum absolute atomic E-state index is 11.3. The van der Waals surface area contributed by atoms with Crippen molar-refractivity contribution in [2.75, 3.05) is 0 Å². The highest BCUT2D eigenvalue weighted by Gasteiger charge is 2.30. The van der Waals surface area contributed by atoms with Gasteiger partial charge < -0.3 is 4.57 Å². The van der Waals surface area contributed by atoms with Gasteiger partial charge in [-0.3, -0.25) is 4.55 Å². The maximum Gasteiger partial charge on any atom is 0.269 e. The lowest BCUT2D eigenvalue weighted by molar-refractivity contribution is 0.387. The van der Waals surface area contributed by atoms with E-state index in [1.807, 2.05) is 36.0 Å². The largest absolute Gasteiger partial charge is 0.350 e. The monoisotopic (exact) mass is 245 g/mol. The molecule has 0 amide bonds. The molecule has 0 saturated carbocycles. The van der Waals surface area contributed by atoms with Crippen LogP contribution in [0, 0.1) is 0 Å². The van der Waals surface area contributed by atoms with E-state index >= 15 is 0 Å². The number of hydrogen-bond donors (Lipinski definition) is 1. The first kappa shape index (κ1) is 13.3. The van der Waals surface area contributed by atoms with Gasteiger partial charge in [0.1, 0.15) is 5.25 Å². The van der Waals surface area contributed by atoms with Crippen LogP contribution in [-0.4, -0.2) is 22.8 Å². The molecule has 0 fully saturated rings. The molecule has 0 radical (unpaired) electrons. The van der Waals surface area contributed by atoms with Crippen LogP contribution in [0.1, 0.15) is 39.2 Å². The third kappa shape index (κ3) is 3.09. The molecule has 0 aliphatic heterocycles. The average molecular weight is 245 g/mol. The number of aromatic nitrogens is 1. The molecule has 1 aromatic heterocycles. The van der Waals surface area contributed by atoms with Crippen LogP contribution in [0.3, 0.4) is 0 Å². The van der Waals surface area contributed by atoms with Gasteiger partial charge in [-0.05, 0) is 25.0 Å². The lowest BCUT2D eigenvalue weighted by Gasteiger charge is -2.25. The predicted molar refractivity (Wildman–Crippen MR) is 64.0 cm³/mol. The fourth-order valence-electron chi connectivity index (χ4n) is 2.07. The molecule has 0 saturated heterocycles. The van der Waals surface area contributed by atoms with Crippen LogP contribution in [-0.2, 0) is 10.1 Å². The SMILES string of the molecule is CCCC(C(CC)S(=O)(=O)O)n1cccc1. The second-order valence-electron chi connectivity index (χ2n) is 3.95. The Kier molecular flexibility index (Phi) is 4.56. The first-order chi connectivity index (χ1) is 7.50. The van der Waals surface area contributed by atoms with Gasteiger partial charge in [0.2, 0.25) is 0 Å². The lowest BCUT2D eigenvalue weighted by atomic mass is 10.1. The topological polar surface area (TPSA) is 59.3 Å². The number of hydrogen-bond acceptors (Lipinski definition) is 2. The Morgan fingerprint density at radius 2 is 1.81 bits per heavy atom. The molecule has 16 heavy (non-hydrogen) atoms. The Balaban J connectivity index is 3.01. The summed E-state index contributed by atoms with van der Waals surface area (Å²) in [6.45, 7) is 3.79. The zero-order chi connectivity index (χ0) is 12.2. The van der Waals surface area contributed by atoms with Crippen LogP contribution in [0.15, 0.2) is 24.5 Å². The summed E-state index contributed by atoms with van der Waals surface area (Å²) in [6, 6.07) is 3.54. The molecule has 0 spiro atoms. The molecule has 4 nitrogen and oxygen atoms in total. The van der Waals surface area contributed by atoms with Gasteiger partial charge >= 0.3 is 0 Å². The van der Waals surface area contributed by atoms with Crippen LogP contribution < -0.4 is 0 Å². The van der Waals surface area contributed by atoms with Crippen LogP contribution >= 0.6 is 0 Å². The minimum Gasteiger partial charge on any atom is -0.350 e. The summed E-state index contributed by atoms with van der Waals surface area (Å²) in [5, 5.41) is -0.722. The molecule has 5 heteroatoms. The molecule has 0 aromatic carbocycles. The minimum atomic E-state index is -3.98. The van der Waals surface area contributed by atoms with Gasteiger partial charge in [0.15, 0.2) is 0 Å². The van der Waals surface area contributed by atoms with Crippen molar-refractivity contribution in [1.29, 1.82) is 0 Å². The predicted octanol–water partition coefficient (Wildman–Crippen LogP) is 2.50. The Hall–Kier alpha value is -0.810. The van der Waals surface area contributed by atoms with Crippen molar-refractivity contribution in [2.45, 2.75) is 44.4 Å². The third-order valence-corrected chi connectivity index (χ3v) is 4.22. The van der Waals surface area contributed by atoms with E-state index in [1.165, 1.54) is 0 Å². The van der Waals surface area contributed by atoms with Gasteiger partial charge in [-0.1, -0.05) is 20.3 Å². The van der Waals surface area contributed by atoms with Crippen molar-refractivity contribution < 1.29 is 13.0 Å². The second-order valence-corrected chi connectivity index (χ2v) is 5.58. The third-order valence-electron chi connectivity index (χ3n) is 2.81. The van der Waals surface area contributed by atoms with E-state index in [0.29, 0.717) is 6.42 Å². The molecular formula is C11H19NO3S. The van der Waals surface area contributed by atoms with Crippen molar-refractivity contribution in [3.05, 3.63) is 24.5 Å². The van der Waals surface area contributed by atoms with E-state index in [0.717, 1.165) is 12.8 Å². The Morgan fingerprint density at radius 3 is 2.19 bits per heavy atom. The van der Waals surface area contributed by atoms with Crippen molar-refractivity contribution in [3.8, 4) is 0 Å². The van der Waals surface area contributed by atoms with Gasteiger partial charge in [0, 0.05) is 12.4 Å². The van der Waals surface area contributed by atoms with E-state index in [9.17, 15) is 13.0 Å². The van der Waals surface area contributed by atoms with Gasteiger partial charge in [0.25, 0.3) is 10.1 Å². The van der Waals surface area contributed by atoms with E-state index in [4.69, 9.17) is 0 Å². The van der Waals surface area contributed by atoms with Crippen LogP contribution in [0.5, 0.6) is 0 Å². The highest BCUT2D eigenvalue weighted by molar-refractivity contribution is 7.86. The first-order valence-electron chi connectivity index (χ1n) is 5.59. The van der Waals surface area contributed by atoms with E-state index in [-0.39, 0.29) is 6.04 Å². The summed E-state index contributed by atoms with van der Waals surface area (Å²) >= 11 is 0. The molecule has 1 heterocycles. The molecular weight excluding hydrogens is 226 g/mol. The van der Waals surface area contributed by atoms with Crippen LogP contribution in [0.25, 0.3) is 0 Å². The van der Waals surface area contributed by atoms with Crippen molar-refractivity contribution in [2.24, 2.45) is 0 Å². The first-order valence-corrected chi connectivity index (χ1v) is 7.09. The highest BCUT2D eigenvalue weighted by atomic mass is 32.2. The molecule has 0 aliphatic carbocycles. The molecule has 1 N–H and O–H groups in total. The molecule has 2 unspecified atom stereocenters.